The summed E-state index contributed by atoms with van der Waals surface area (Å²) in [6, 6.07) is 12.7. The molecule has 0 saturated carbocycles. The summed E-state index contributed by atoms with van der Waals surface area (Å²) < 4.78 is 11.0. The first-order valence-corrected chi connectivity index (χ1v) is 8.36. The van der Waals surface area contributed by atoms with Gasteiger partial charge < -0.3 is 9.47 Å². The maximum atomic E-state index is 12.1. The third-order valence-corrected chi connectivity index (χ3v) is 3.62. The maximum absolute atomic E-state index is 12.1. The molecule has 1 amide bonds. The van der Waals surface area contributed by atoms with Crippen molar-refractivity contribution in [3.63, 3.8) is 0 Å². The Bertz CT molecular complexity index is 745. The minimum atomic E-state index is -0.683. The van der Waals surface area contributed by atoms with E-state index >= 15 is 0 Å². The van der Waals surface area contributed by atoms with E-state index in [-0.39, 0.29) is 5.91 Å². The lowest BCUT2D eigenvalue weighted by atomic mass is 10.2. The molecule has 1 N–H and O–H groups in total. The van der Waals surface area contributed by atoms with E-state index in [9.17, 15) is 4.79 Å². The number of hydrogen-bond donors (Lipinski definition) is 1. The smallest absolute Gasteiger partial charge is 0.280 e. The third kappa shape index (κ3) is 5.80. The van der Waals surface area contributed by atoms with E-state index in [1.165, 1.54) is 0 Å². The van der Waals surface area contributed by atoms with E-state index in [2.05, 4.69) is 10.5 Å². The van der Waals surface area contributed by atoms with Gasteiger partial charge in [-0.3, -0.25) is 4.79 Å². The van der Waals surface area contributed by atoms with Gasteiger partial charge in [-0.1, -0.05) is 11.6 Å². The SMILES string of the molecule is CCOc1ccc(/C=N/NC(=O)C(C)Oc2ccc(Cl)cc2C)cc1. The number of hydrogen-bond acceptors (Lipinski definition) is 4. The molecule has 0 aliphatic rings. The molecule has 0 fully saturated rings. The first-order chi connectivity index (χ1) is 12.0. The second kappa shape index (κ2) is 9.08. The van der Waals surface area contributed by atoms with E-state index in [4.69, 9.17) is 21.1 Å². The number of rotatable bonds is 7. The molecule has 1 atom stereocenters. The molecule has 0 saturated heterocycles. The lowest BCUT2D eigenvalue weighted by Crippen LogP contribution is -2.33. The molecule has 0 bridgehead atoms. The van der Waals surface area contributed by atoms with Crippen LogP contribution in [-0.2, 0) is 4.79 Å². The van der Waals surface area contributed by atoms with Gasteiger partial charge in [-0.2, -0.15) is 5.10 Å². The van der Waals surface area contributed by atoms with E-state index in [0.717, 1.165) is 16.9 Å². The Labute approximate surface area is 152 Å². The van der Waals surface area contributed by atoms with Crippen molar-refractivity contribution in [3.05, 3.63) is 58.6 Å². The summed E-state index contributed by atoms with van der Waals surface area (Å²) in [6.07, 6.45) is 0.880. The summed E-state index contributed by atoms with van der Waals surface area (Å²) in [5.74, 6) is 1.07. The van der Waals surface area contributed by atoms with E-state index in [1.807, 2.05) is 38.1 Å². The summed E-state index contributed by atoms with van der Waals surface area (Å²) in [5.41, 5.74) is 4.19. The number of aryl methyl sites for hydroxylation is 1. The van der Waals surface area contributed by atoms with Gasteiger partial charge in [-0.25, -0.2) is 5.43 Å². The number of carbonyl (C=O) groups excluding carboxylic acids is 1. The van der Waals surface area contributed by atoms with Gasteiger partial charge in [0.2, 0.25) is 0 Å². The van der Waals surface area contributed by atoms with E-state index in [0.29, 0.717) is 17.4 Å². The second-order valence-corrected chi connectivity index (χ2v) is 5.84. The van der Waals surface area contributed by atoms with Gasteiger partial charge in [0.05, 0.1) is 12.8 Å². The molecule has 132 valence electrons. The van der Waals surface area contributed by atoms with Crippen LogP contribution in [0.2, 0.25) is 5.02 Å². The van der Waals surface area contributed by atoms with Crippen LogP contribution in [0, 0.1) is 6.92 Å². The standard InChI is InChI=1S/C19H21ClN2O3/c1-4-24-17-8-5-15(6-9-17)12-21-22-19(23)14(3)25-18-10-7-16(20)11-13(18)2/h5-12,14H,4H2,1-3H3,(H,22,23)/b21-12+. The predicted molar refractivity (Wildman–Crippen MR) is 99.6 cm³/mol. The van der Waals surface area contributed by atoms with Crippen LogP contribution in [0.4, 0.5) is 0 Å². The Morgan fingerprint density at radius 3 is 2.64 bits per heavy atom. The Morgan fingerprint density at radius 1 is 1.28 bits per heavy atom. The van der Waals surface area contributed by atoms with Crippen molar-refractivity contribution in [1.29, 1.82) is 0 Å². The summed E-state index contributed by atoms with van der Waals surface area (Å²) in [5, 5.41) is 4.58. The number of ether oxygens (including phenoxy) is 2. The molecule has 2 aromatic carbocycles. The Morgan fingerprint density at radius 2 is 2.00 bits per heavy atom. The minimum absolute atomic E-state index is 0.337. The minimum Gasteiger partial charge on any atom is -0.494 e. The van der Waals surface area contributed by atoms with Crippen LogP contribution in [0.5, 0.6) is 11.5 Å². The Balaban J connectivity index is 1.88. The zero-order chi connectivity index (χ0) is 18.2. The number of carbonyl (C=O) groups is 1. The summed E-state index contributed by atoms with van der Waals surface area (Å²) in [7, 11) is 0. The molecular formula is C19H21ClN2O3. The maximum Gasteiger partial charge on any atom is 0.280 e. The van der Waals surface area contributed by atoms with Gasteiger partial charge in [0.25, 0.3) is 5.91 Å². The number of nitrogens with one attached hydrogen (secondary N) is 1. The lowest BCUT2D eigenvalue weighted by molar-refractivity contribution is -0.127. The fourth-order valence-corrected chi connectivity index (χ4v) is 2.29. The fraction of sp³-hybridized carbons (Fsp3) is 0.263. The second-order valence-electron chi connectivity index (χ2n) is 5.41. The molecule has 6 heteroatoms. The Kier molecular flexibility index (Phi) is 6.83. The van der Waals surface area contributed by atoms with Crippen LogP contribution >= 0.6 is 11.6 Å². The monoisotopic (exact) mass is 360 g/mol. The summed E-state index contributed by atoms with van der Waals surface area (Å²) in [4.78, 5) is 12.1. The summed E-state index contributed by atoms with van der Waals surface area (Å²) in [6.45, 7) is 6.08. The molecule has 0 heterocycles. The van der Waals surface area contributed by atoms with Gasteiger partial charge in [0, 0.05) is 5.02 Å². The van der Waals surface area contributed by atoms with Crippen LogP contribution in [0.3, 0.4) is 0 Å². The number of benzene rings is 2. The molecule has 0 radical (unpaired) electrons. The van der Waals surface area contributed by atoms with Gasteiger partial charge in [0.1, 0.15) is 11.5 Å². The predicted octanol–water partition coefficient (Wildman–Crippen LogP) is 3.96. The van der Waals surface area contributed by atoms with Crippen LogP contribution in [0.15, 0.2) is 47.6 Å². The number of hydrazone groups is 1. The van der Waals surface area contributed by atoms with Crippen molar-refractivity contribution in [2.75, 3.05) is 6.61 Å². The summed E-state index contributed by atoms with van der Waals surface area (Å²) >= 11 is 5.91. The molecule has 0 aliphatic carbocycles. The fourth-order valence-electron chi connectivity index (χ4n) is 2.07. The highest BCUT2D eigenvalue weighted by Crippen LogP contribution is 2.22. The van der Waals surface area contributed by atoms with Crippen molar-refractivity contribution < 1.29 is 14.3 Å². The third-order valence-electron chi connectivity index (χ3n) is 3.39. The number of halogens is 1. The topological polar surface area (TPSA) is 59.9 Å². The molecule has 0 spiro atoms. The molecule has 25 heavy (non-hydrogen) atoms. The van der Waals surface area contributed by atoms with Gasteiger partial charge >= 0.3 is 0 Å². The van der Waals surface area contributed by atoms with Crippen molar-refractivity contribution in [2.24, 2.45) is 5.10 Å². The van der Waals surface area contributed by atoms with Gasteiger partial charge in [-0.05, 0) is 74.4 Å². The number of amides is 1. The molecule has 2 aromatic rings. The largest absolute Gasteiger partial charge is 0.494 e. The molecule has 1 unspecified atom stereocenters. The zero-order valence-corrected chi connectivity index (χ0v) is 15.2. The average Bonchev–Trinajstić information content (AvgIpc) is 2.59. The molecular weight excluding hydrogens is 340 g/mol. The molecule has 0 aromatic heterocycles. The van der Waals surface area contributed by atoms with Crippen molar-refractivity contribution in [2.45, 2.75) is 26.9 Å². The van der Waals surface area contributed by atoms with E-state index in [1.54, 1.807) is 31.3 Å². The quantitative estimate of drug-likeness (QED) is 0.600. The van der Waals surface area contributed by atoms with Crippen molar-refractivity contribution >= 4 is 23.7 Å². The molecule has 5 nitrogen and oxygen atoms in total. The average molecular weight is 361 g/mol. The molecule has 2 rings (SSSR count). The number of nitrogens with zero attached hydrogens (tertiary/aromatic N) is 1. The highest BCUT2D eigenvalue weighted by molar-refractivity contribution is 6.30. The van der Waals surface area contributed by atoms with Crippen LogP contribution in [0.25, 0.3) is 0 Å². The van der Waals surface area contributed by atoms with Crippen LogP contribution < -0.4 is 14.9 Å². The van der Waals surface area contributed by atoms with Crippen molar-refractivity contribution in [3.8, 4) is 11.5 Å². The zero-order valence-electron chi connectivity index (χ0n) is 14.5. The van der Waals surface area contributed by atoms with Gasteiger partial charge in [0.15, 0.2) is 6.10 Å². The first kappa shape index (κ1) is 18.8. The van der Waals surface area contributed by atoms with Crippen molar-refractivity contribution in [1.82, 2.24) is 5.43 Å². The highest BCUT2D eigenvalue weighted by atomic mass is 35.5. The Hall–Kier alpha value is -2.53. The van der Waals surface area contributed by atoms with Gasteiger partial charge in [-0.15, -0.1) is 0 Å². The molecule has 0 aliphatic heterocycles. The highest BCUT2D eigenvalue weighted by Gasteiger charge is 2.15. The lowest BCUT2D eigenvalue weighted by Gasteiger charge is -2.14. The first-order valence-electron chi connectivity index (χ1n) is 7.98. The normalized spacial score (nSPS) is 12.0. The van der Waals surface area contributed by atoms with Crippen LogP contribution in [-0.4, -0.2) is 24.8 Å². The van der Waals surface area contributed by atoms with E-state index < -0.39 is 6.10 Å². The van der Waals surface area contributed by atoms with Crippen LogP contribution in [0.1, 0.15) is 25.0 Å².